The third-order valence-corrected chi connectivity index (χ3v) is 1.55. The Kier molecular flexibility index (Phi) is 4.80. The third-order valence-electron chi connectivity index (χ3n) is 1.55. The maximum atomic E-state index is 10.2. The number of rotatable bonds is 1. The van der Waals surface area contributed by atoms with Gasteiger partial charge in [-0.25, -0.2) is 0 Å². The molecule has 0 amide bonds. The fraction of sp³-hybridized carbons (Fsp3) is 0.833. The molecule has 0 spiro atoms. The van der Waals surface area contributed by atoms with Crippen molar-refractivity contribution in [1.82, 2.24) is 0 Å². The van der Waals surface area contributed by atoms with Gasteiger partial charge in [-0.3, -0.25) is 0 Å². The molecule has 52 valence electrons. The first-order chi connectivity index (χ1) is 4.30. The van der Waals surface area contributed by atoms with Gasteiger partial charge in [0.1, 0.15) is 0 Å². The van der Waals surface area contributed by atoms with E-state index in [-0.39, 0.29) is 24.8 Å². The summed E-state index contributed by atoms with van der Waals surface area (Å²) >= 11 is 0. The molecule has 1 aliphatic heterocycles. The van der Waals surface area contributed by atoms with Crippen LogP contribution in [0.1, 0.15) is 12.8 Å². The largest absolute Gasteiger partial charge is 1.00 e. The minimum atomic E-state index is -0.932. The monoisotopic (exact) mass is 136 g/mol. The topological polar surface area (TPSA) is 49.4 Å². The maximum Gasteiger partial charge on any atom is 1.00 e. The van der Waals surface area contributed by atoms with Gasteiger partial charge in [0, 0.05) is 25.1 Å². The minimum Gasteiger partial charge on any atom is -0.550 e. The number of carbonyl (C=O) groups is 1. The summed E-state index contributed by atoms with van der Waals surface area (Å²) in [5.41, 5.74) is 0. The van der Waals surface area contributed by atoms with E-state index in [1.165, 1.54) is 0 Å². The molecule has 0 aliphatic carbocycles. The van der Waals surface area contributed by atoms with Gasteiger partial charge >= 0.3 is 18.9 Å². The van der Waals surface area contributed by atoms with Crippen molar-refractivity contribution in [2.24, 2.45) is 5.92 Å². The van der Waals surface area contributed by atoms with Crippen molar-refractivity contribution >= 4 is 5.97 Å². The van der Waals surface area contributed by atoms with Crippen LogP contribution in [0.25, 0.3) is 0 Å². The van der Waals surface area contributed by atoms with Crippen LogP contribution in [0.4, 0.5) is 0 Å². The van der Waals surface area contributed by atoms with Gasteiger partial charge in [0.05, 0.1) is 0 Å². The fourth-order valence-electron chi connectivity index (χ4n) is 0.933. The molecule has 0 aromatic rings. The molecule has 10 heavy (non-hydrogen) atoms. The predicted molar refractivity (Wildman–Crippen MR) is 28.5 cm³/mol. The van der Waals surface area contributed by atoms with Crippen molar-refractivity contribution in [1.29, 1.82) is 0 Å². The van der Waals surface area contributed by atoms with Crippen LogP contribution in [0.15, 0.2) is 0 Å². The Morgan fingerprint density at radius 3 is 2.20 bits per heavy atom. The van der Waals surface area contributed by atoms with Crippen LogP contribution in [0.2, 0.25) is 0 Å². The molecule has 1 fully saturated rings. The summed E-state index contributed by atoms with van der Waals surface area (Å²) in [7, 11) is 0. The number of ether oxygens (including phenoxy) is 1. The molecule has 0 saturated carbocycles. The predicted octanol–water partition coefficient (Wildman–Crippen LogP) is -3.83. The van der Waals surface area contributed by atoms with Gasteiger partial charge in [0.15, 0.2) is 0 Å². The van der Waals surface area contributed by atoms with Gasteiger partial charge in [0.2, 0.25) is 0 Å². The Morgan fingerprint density at radius 1 is 1.40 bits per heavy atom. The van der Waals surface area contributed by atoms with E-state index >= 15 is 0 Å². The summed E-state index contributed by atoms with van der Waals surface area (Å²) < 4.78 is 4.96. The SMILES string of the molecule is O=C([O-])C1CCOCC1.[Li+]. The van der Waals surface area contributed by atoms with E-state index in [2.05, 4.69) is 0 Å². The Bertz CT molecular complexity index is 110. The minimum absolute atomic E-state index is 0. The zero-order valence-electron chi connectivity index (χ0n) is 6.13. The Morgan fingerprint density at radius 2 is 1.90 bits per heavy atom. The van der Waals surface area contributed by atoms with Gasteiger partial charge in [-0.1, -0.05) is 0 Å². The van der Waals surface area contributed by atoms with Crippen molar-refractivity contribution in [3.63, 3.8) is 0 Å². The van der Waals surface area contributed by atoms with Gasteiger partial charge in [-0.15, -0.1) is 0 Å². The Hall–Kier alpha value is 0.0274. The molecule has 0 radical (unpaired) electrons. The molecule has 0 aromatic carbocycles. The van der Waals surface area contributed by atoms with Crippen molar-refractivity contribution in [3.8, 4) is 0 Å². The second-order valence-electron chi connectivity index (χ2n) is 2.21. The van der Waals surface area contributed by atoms with Crippen molar-refractivity contribution in [2.75, 3.05) is 13.2 Å². The van der Waals surface area contributed by atoms with Crippen LogP contribution in [0, 0.1) is 5.92 Å². The number of hydrogen-bond donors (Lipinski definition) is 0. The molecule has 1 heterocycles. The number of carboxylic acid groups (broad SMARTS) is 1. The summed E-state index contributed by atoms with van der Waals surface area (Å²) in [5.74, 6) is -1.20. The second-order valence-corrected chi connectivity index (χ2v) is 2.21. The molecule has 0 atom stereocenters. The molecule has 0 aromatic heterocycles. The molecule has 4 heteroatoms. The van der Waals surface area contributed by atoms with E-state index in [9.17, 15) is 9.90 Å². The smallest absolute Gasteiger partial charge is 0.550 e. The Labute approximate surface area is 71.9 Å². The van der Waals surface area contributed by atoms with Crippen LogP contribution < -0.4 is 24.0 Å². The molecule has 1 saturated heterocycles. The zero-order valence-corrected chi connectivity index (χ0v) is 6.13. The van der Waals surface area contributed by atoms with E-state index in [0.29, 0.717) is 26.1 Å². The number of carbonyl (C=O) groups excluding carboxylic acids is 1. The summed E-state index contributed by atoms with van der Waals surface area (Å²) in [6.07, 6.45) is 1.23. The molecular formula is C6H9LiO3. The standard InChI is InChI=1S/C6H10O3.Li/c7-6(8)5-1-3-9-4-2-5;/h5H,1-4H2,(H,7,8);/q;+1/p-1. The third kappa shape index (κ3) is 2.74. The first-order valence-corrected chi connectivity index (χ1v) is 3.09. The van der Waals surface area contributed by atoms with Crippen LogP contribution in [-0.4, -0.2) is 19.2 Å². The van der Waals surface area contributed by atoms with Crippen LogP contribution in [0.3, 0.4) is 0 Å². The van der Waals surface area contributed by atoms with Gasteiger partial charge in [-0.05, 0) is 12.8 Å². The summed E-state index contributed by atoms with van der Waals surface area (Å²) in [6.45, 7) is 1.14. The van der Waals surface area contributed by atoms with E-state index in [4.69, 9.17) is 4.74 Å². The maximum absolute atomic E-state index is 10.2. The first-order valence-electron chi connectivity index (χ1n) is 3.09. The summed E-state index contributed by atoms with van der Waals surface area (Å²) in [5, 5.41) is 10.2. The molecule has 3 nitrogen and oxygen atoms in total. The van der Waals surface area contributed by atoms with Crippen LogP contribution >= 0.6 is 0 Å². The zero-order chi connectivity index (χ0) is 6.69. The Balaban J connectivity index is 0.000000810. The molecule has 0 bridgehead atoms. The van der Waals surface area contributed by atoms with Crippen LogP contribution in [0.5, 0.6) is 0 Å². The van der Waals surface area contributed by atoms with E-state index < -0.39 is 5.97 Å². The summed E-state index contributed by atoms with van der Waals surface area (Å²) in [4.78, 5) is 10.2. The van der Waals surface area contributed by atoms with Gasteiger partial charge < -0.3 is 14.6 Å². The first kappa shape index (κ1) is 10.0. The quantitative estimate of drug-likeness (QED) is 0.347. The number of hydrogen-bond acceptors (Lipinski definition) is 3. The van der Waals surface area contributed by atoms with E-state index in [1.807, 2.05) is 0 Å². The van der Waals surface area contributed by atoms with E-state index in [1.54, 1.807) is 0 Å². The van der Waals surface area contributed by atoms with Gasteiger partial charge in [-0.2, -0.15) is 0 Å². The van der Waals surface area contributed by atoms with Gasteiger partial charge in [0.25, 0.3) is 0 Å². The molecule has 0 N–H and O–H groups in total. The molecular weight excluding hydrogens is 127 g/mol. The number of carboxylic acids is 1. The van der Waals surface area contributed by atoms with Crippen molar-refractivity contribution in [3.05, 3.63) is 0 Å². The number of aliphatic carboxylic acids is 1. The van der Waals surface area contributed by atoms with Crippen molar-refractivity contribution in [2.45, 2.75) is 12.8 Å². The molecule has 0 unspecified atom stereocenters. The van der Waals surface area contributed by atoms with Crippen molar-refractivity contribution < 1.29 is 33.5 Å². The normalized spacial score (nSPS) is 19.6. The average molecular weight is 136 g/mol. The average Bonchev–Trinajstić information content (AvgIpc) is 1.90. The fourth-order valence-corrected chi connectivity index (χ4v) is 0.933. The molecule has 1 rings (SSSR count). The summed E-state index contributed by atoms with van der Waals surface area (Å²) in [6, 6.07) is 0. The second kappa shape index (κ2) is 4.78. The molecule has 1 aliphatic rings. The van der Waals surface area contributed by atoms with Crippen LogP contribution in [-0.2, 0) is 9.53 Å². The van der Waals surface area contributed by atoms with E-state index in [0.717, 1.165) is 0 Å².